The molecule has 1 fully saturated rings. The molecule has 0 amide bonds. The number of hydrogen-bond donors (Lipinski definition) is 0. The molecule has 0 spiro atoms. The van der Waals surface area contributed by atoms with Crippen molar-refractivity contribution in [3.63, 3.8) is 0 Å². The zero-order chi connectivity index (χ0) is 8.10. The third-order valence-corrected chi connectivity index (χ3v) is 1.73. The molecule has 62 valence electrons. The van der Waals surface area contributed by atoms with Crippen LogP contribution in [0.15, 0.2) is 0 Å². The highest BCUT2D eigenvalue weighted by Gasteiger charge is 2.15. The third-order valence-electron chi connectivity index (χ3n) is 1.73. The van der Waals surface area contributed by atoms with Gasteiger partial charge in [0, 0.05) is 6.61 Å². The van der Waals surface area contributed by atoms with Gasteiger partial charge in [-0.25, -0.2) is 0 Å². The lowest BCUT2D eigenvalue weighted by atomic mass is 10.2. The molecule has 0 aromatic carbocycles. The van der Waals surface area contributed by atoms with Crippen molar-refractivity contribution in [3.8, 4) is 12.3 Å². The Morgan fingerprint density at radius 2 is 2.45 bits per heavy atom. The lowest BCUT2D eigenvalue weighted by Gasteiger charge is -2.23. The van der Waals surface area contributed by atoms with Gasteiger partial charge in [-0.1, -0.05) is 5.92 Å². The molecule has 0 radical (unpaired) electrons. The second-order valence-corrected chi connectivity index (χ2v) is 2.74. The van der Waals surface area contributed by atoms with Gasteiger partial charge in [-0.2, -0.15) is 0 Å². The third kappa shape index (κ3) is 2.92. The lowest BCUT2D eigenvalue weighted by Crippen LogP contribution is -2.25. The Labute approximate surface area is 67.9 Å². The van der Waals surface area contributed by atoms with Crippen molar-refractivity contribution in [1.29, 1.82) is 0 Å². The van der Waals surface area contributed by atoms with E-state index in [2.05, 4.69) is 5.92 Å². The molecular weight excluding hydrogens is 140 g/mol. The van der Waals surface area contributed by atoms with Crippen LogP contribution in [0.25, 0.3) is 0 Å². The maximum absolute atomic E-state index is 5.38. The van der Waals surface area contributed by atoms with Crippen molar-refractivity contribution in [2.24, 2.45) is 0 Å². The van der Waals surface area contributed by atoms with E-state index in [0.717, 1.165) is 19.4 Å². The Kier molecular flexibility index (Phi) is 3.41. The Balaban J connectivity index is 2.20. The van der Waals surface area contributed by atoms with Gasteiger partial charge < -0.3 is 9.47 Å². The Hall–Kier alpha value is -0.520. The summed E-state index contributed by atoms with van der Waals surface area (Å²) in [6, 6.07) is 0. The van der Waals surface area contributed by atoms with Gasteiger partial charge in [0.25, 0.3) is 0 Å². The Morgan fingerprint density at radius 3 is 3.00 bits per heavy atom. The van der Waals surface area contributed by atoms with Gasteiger partial charge in [0.15, 0.2) is 6.29 Å². The van der Waals surface area contributed by atoms with Crippen molar-refractivity contribution in [2.75, 3.05) is 6.61 Å². The number of ether oxygens (including phenoxy) is 2. The molecule has 11 heavy (non-hydrogen) atoms. The van der Waals surface area contributed by atoms with Gasteiger partial charge in [-0.15, -0.1) is 6.42 Å². The molecule has 0 N–H and O–H groups in total. The van der Waals surface area contributed by atoms with E-state index in [1.165, 1.54) is 6.42 Å². The maximum atomic E-state index is 5.38. The summed E-state index contributed by atoms with van der Waals surface area (Å²) >= 11 is 0. The predicted molar refractivity (Wildman–Crippen MR) is 43.0 cm³/mol. The summed E-state index contributed by atoms with van der Waals surface area (Å²) in [6.45, 7) is 2.67. The summed E-state index contributed by atoms with van der Waals surface area (Å²) in [5.41, 5.74) is 0. The summed E-state index contributed by atoms with van der Waals surface area (Å²) in [6.07, 6.45) is 8.28. The first kappa shape index (κ1) is 8.58. The van der Waals surface area contributed by atoms with Crippen LogP contribution < -0.4 is 0 Å². The normalized spacial score (nSPS) is 27.5. The number of hydrogen-bond acceptors (Lipinski definition) is 2. The molecule has 0 aromatic rings. The van der Waals surface area contributed by atoms with E-state index >= 15 is 0 Å². The standard InChI is InChI=1S/C9H14O2/c1-3-8(2)11-9-6-4-5-7-10-9/h1,8-9H,4-7H2,2H3/t8-,9?/m0/s1. The smallest absolute Gasteiger partial charge is 0.159 e. The molecule has 2 atom stereocenters. The van der Waals surface area contributed by atoms with Gasteiger partial charge in [0.05, 0.1) is 0 Å². The van der Waals surface area contributed by atoms with Crippen LogP contribution in [0, 0.1) is 12.3 Å². The second-order valence-electron chi connectivity index (χ2n) is 2.74. The SMILES string of the molecule is C#C[C@H](C)OC1CCCCO1. The molecule has 0 aromatic heterocycles. The van der Waals surface area contributed by atoms with Gasteiger partial charge >= 0.3 is 0 Å². The average Bonchev–Trinajstić information content (AvgIpc) is 2.06. The van der Waals surface area contributed by atoms with Crippen LogP contribution in [0.1, 0.15) is 26.2 Å². The lowest BCUT2D eigenvalue weighted by molar-refractivity contribution is -0.173. The van der Waals surface area contributed by atoms with E-state index in [4.69, 9.17) is 15.9 Å². The Bertz CT molecular complexity index is 142. The Morgan fingerprint density at radius 1 is 1.64 bits per heavy atom. The van der Waals surface area contributed by atoms with Gasteiger partial charge in [0.2, 0.25) is 0 Å². The highest BCUT2D eigenvalue weighted by atomic mass is 16.7. The molecule has 1 unspecified atom stereocenters. The molecular formula is C9H14O2. The molecule has 0 aliphatic carbocycles. The first-order valence-electron chi connectivity index (χ1n) is 4.06. The summed E-state index contributed by atoms with van der Waals surface area (Å²) < 4.78 is 10.7. The highest BCUT2D eigenvalue weighted by molar-refractivity contribution is 4.91. The first-order valence-corrected chi connectivity index (χ1v) is 4.06. The maximum Gasteiger partial charge on any atom is 0.159 e. The van der Waals surface area contributed by atoms with Crippen LogP contribution in [0.3, 0.4) is 0 Å². The van der Waals surface area contributed by atoms with Crippen LogP contribution >= 0.6 is 0 Å². The monoisotopic (exact) mass is 154 g/mol. The number of rotatable bonds is 2. The fourth-order valence-electron chi connectivity index (χ4n) is 1.09. The minimum absolute atomic E-state index is 0.0604. The molecule has 0 bridgehead atoms. The van der Waals surface area contributed by atoms with E-state index in [1.807, 2.05) is 6.92 Å². The highest BCUT2D eigenvalue weighted by Crippen LogP contribution is 2.14. The van der Waals surface area contributed by atoms with E-state index in [9.17, 15) is 0 Å². The fourth-order valence-corrected chi connectivity index (χ4v) is 1.09. The minimum atomic E-state index is -0.127. The molecule has 1 aliphatic heterocycles. The van der Waals surface area contributed by atoms with Crippen molar-refractivity contribution < 1.29 is 9.47 Å². The largest absolute Gasteiger partial charge is 0.353 e. The number of terminal acetylenes is 1. The first-order chi connectivity index (χ1) is 5.33. The van der Waals surface area contributed by atoms with Crippen molar-refractivity contribution in [2.45, 2.75) is 38.6 Å². The van der Waals surface area contributed by atoms with E-state index in [0.29, 0.717) is 0 Å². The molecule has 1 saturated heterocycles. The zero-order valence-electron chi connectivity index (χ0n) is 6.88. The average molecular weight is 154 g/mol. The van der Waals surface area contributed by atoms with Crippen LogP contribution in [0.5, 0.6) is 0 Å². The van der Waals surface area contributed by atoms with Crippen molar-refractivity contribution >= 4 is 0 Å². The summed E-state index contributed by atoms with van der Waals surface area (Å²) in [7, 11) is 0. The quantitative estimate of drug-likeness (QED) is 0.562. The summed E-state index contributed by atoms with van der Waals surface area (Å²) in [5.74, 6) is 2.51. The summed E-state index contributed by atoms with van der Waals surface area (Å²) in [5, 5.41) is 0. The van der Waals surface area contributed by atoms with Crippen molar-refractivity contribution in [3.05, 3.63) is 0 Å². The second kappa shape index (κ2) is 4.38. The zero-order valence-corrected chi connectivity index (χ0v) is 6.88. The molecule has 2 heteroatoms. The molecule has 1 aliphatic rings. The molecule has 1 heterocycles. The van der Waals surface area contributed by atoms with Gasteiger partial charge in [-0.05, 0) is 26.2 Å². The molecule has 0 saturated carbocycles. The predicted octanol–water partition coefficient (Wildman–Crippen LogP) is 1.55. The molecule has 2 nitrogen and oxygen atoms in total. The molecule has 1 rings (SSSR count). The van der Waals surface area contributed by atoms with E-state index in [1.54, 1.807) is 0 Å². The van der Waals surface area contributed by atoms with Crippen molar-refractivity contribution in [1.82, 2.24) is 0 Å². The van der Waals surface area contributed by atoms with Crippen LogP contribution in [0.4, 0.5) is 0 Å². The fraction of sp³-hybridized carbons (Fsp3) is 0.778. The van der Waals surface area contributed by atoms with Crippen LogP contribution in [-0.4, -0.2) is 19.0 Å². The van der Waals surface area contributed by atoms with Gasteiger partial charge in [0.1, 0.15) is 6.10 Å². The van der Waals surface area contributed by atoms with E-state index < -0.39 is 0 Å². The minimum Gasteiger partial charge on any atom is -0.353 e. The van der Waals surface area contributed by atoms with Gasteiger partial charge in [-0.3, -0.25) is 0 Å². The van der Waals surface area contributed by atoms with Crippen LogP contribution in [0.2, 0.25) is 0 Å². The van der Waals surface area contributed by atoms with E-state index in [-0.39, 0.29) is 12.4 Å². The van der Waals surface area contributed by atoms with Crippen LogP contribution in [-0.2, 0) is 9.47 Å². The topological polar surface area (TPSA) is 18.5 Å². The summed E-state index contributed by atoms with van der Waals surface area (Å²) in [4.78, 5) is 0.